The molecule has 3 aliphatic rings. The number of hydrogen-bond acceptors (Lipinski definition) is 1. The smallest absolute Gasteiger partial charge is 0.208 e. The second kappa shape index (κ2) is 5.34. The van der Waals surface area contributed by atoms with Crippen LogP contribution in [-0.2, 0) is 4.43 Å². The summed E-state index contributed by atoms with van der Waals surface area (Å²) in [6.07, 6.45) is 20.9. The van der Waals surface area contributed by atoms with Crippen LogP contribution in [0.15, 0.2) is 24.3 Å². The molecule has 3 aliphatic carbocycles. The monoisotopic (exact) mass is 262 g/mol. The first-order chi connectivity index (χ1) is 8.88. The van der Waals surface area contributed by atoms with Gasteiger partial charge in [0.05, 0.1) is 0 Å². The molecule has 0 bridgehead atoms. The molecule has 0 N–H and O–H groups in total. The molecule has 0 heterocycles. The number of hydrogen-bond donors (Lipinski definition) is 0. The maximum absolute atomic E-state index is 6.43. The Hall–Kier alpha value is -0.343. The van der Waals surface area contributed by atoms with Crippen molar-refractivity contribution in [1.82, 2.24) is 0 Å². The third kappa shape index (κ3) is 1.94. The summed E-state index contributed by atoms with van der Waals surface area (Å²) < 4.78 is 6.43. The zero-order chi connectivity index (χ0) is 12.4. The van der Waals surface area contributed by atoms with Gasteiger partial charge < -0.3 is 4.43 Å². The van der Waals surface area contributed by atoms with Crippen molar-refractivity contribution in [2.24, 2.45) is 0 Å². The molecule has 0 aromatic rings. The molecule has 100 valence electrons. The Morgan fingerprint density at radius 1 is 0.833 bits per heavy atom. The topological polar surface area (TPSA) is 9.23 Å². The standard InChI is InChI=1S/C16H26OSi/c1-17-18(14-8-2-3-9-14,15-10-4-5-11-15)16-12-6-7-13-16/h2-3,8-9,14-16H,4-7,10-13H2,1H3. The zero-order valence-corrected chi connectivity index (χ0v) is 12.6. The molecule has 0 aliphatic heterocycles. The highest BCUT2D eigenvalue weighted by Crippen LogP contribution is 2.56. The predicted octanol–water partition coefficient (Wildman–Crippen LogP) is 4.96. The molecule has 2 saturated carbocycles. The van der Waals surface area contributed by atoms with E-state index in [1.54, 1.807) is 0 Å². The number of allylic oxidation sites excluding steroid dienone is 4. The Labute approximate surface area is 112 Å². The molecule has 0 aromatic heterocycles. The maximum atomic E-state index is 6.43. The average molecular weight is 262 g/mol. The summed E-state index contributed by atoms with van der Waals surface area (Å²) in [4.78, 5) is 0. The van der Waals surface area contributed by atoms with Gasteiger partial charge >= 0.3 is 0 Å². The van der Waals surface area contributed by atoms with Crippen LogP contribution in [0, 0.1) is 0 Å². The van der Waals surface area contributed by atoms with Gasteiger partial charge in [-0.1, -0.05) is 75.7 Å². The quantitative estimate of drug-likeness (QED) is 0.650. The van der Waals surface area contributed by atoms with Crippen LogP contribution in [-0.4, -0.2) is 15.4 Å². The molecule has 0 radical (unpaired) electrons. The fourth-order valence-electron chi connectivity index (χ4n) is 4.83. The predicted molar refractivity (Wildman–Crippen MR) is 79.2 cm³/mol. The second-order valence-corrected chi connectivity index (χ2v) is 10.7. The lowest BCUT2D eigenvalue weighted by Gasteiger charge is -2.43. The van der Waals surface area contributed by atoms with E-state index >= 15 is 0 Å². The van der Waals surface area contributed by atoms with Gasteiger partial charge in [-0.05, 0) is 11.1 Å². The van der Waals surface area contributed by atoms with Crippen molar-refractivity contribution in [2.45, 2.75) is 68.0 Å². The minimum absolute atomic E-state index is 0.661. The van der Waals surface area contributed by atoms with Gasteiger partial charge in [-0.2, -0.15) is 0 Å². The fourth-order valence-corrected chi connectivity index (χ4v) is 11.0. The molecular weight excluding hydrogens is 236 g/mol. The summed E-state index contributed by atoms with van der Waals surface area (Å²) in [6, 6.07) is 0. The van der Waals surface area contributed by atoms with E-state index in [0.29, 0.717) is 5.54 Å². The second-order valence-electron chi connectivity index (χ2n) is 6.32. The molecule has 0 amide bonds. The maximum Gasteiger partial charge on any atom is 0.208 e. The molecule has 0 atom stereocenters. The van der Waals surface area contributed by atoms with E-state index in [1.165, 1.54) is 51.4 Å². The highest BCUT2D eigenvalue weighted by atomic mass is 28.4. The summed E-state index contributed by atoms with van der Waals surface area (Å²) >= 11 is 0. The molecule has 0 spiro atoms. The molecule has 1 nitrogen and oxygen atoms in total. The van der Waals surface area contributed by atoms with Gasteiger partial charge in [0.25, 0.3) is 0 Å². The van der Waals surface area contributed by atoms with Crippen LogP contribution in [0.2, 0.25) is 16.6 Å². The SMILES string of the molecule is CO[Si](C1C=CC=C1)(C1CCCC1)C1CCCC1. The van der Waals surface area contributed by atoms with Crippen molar-refractivity contribution in [3.05, 3.63) is 24.3 Å². The lowest BCUT2D eigenvalue weighted by atomic mass is 10.3. The van der Waals surface area contributed by atoms with Crippen LogP contribution in [0.5, 0.6) is 0 Å². The molecule has 2 fully saturated rings. The Morgan fingerprint density at radius 2 is 1.28 bits per heavy atom. The Bertz CT molecular complexity index is 307. The van der Waals surface area contributed by atoms with E-state index in [4.69, 9.17) is 4.43 Å². The van der Waals surface area contributed by atoms with Crippen molar-refractivity contribution in [3.63, 3.8) is 0 Å². The van der Waals surface area contributed by atoms with Crippen LogP contribution >= 0.6 is 0 Å². The van der Waals surface area contributed by atoms with Gasteiger partial charge in [-0.25, -0.2) is 0 Å². The van der Waals surface area contributed by atoms with Gasteiger partial charge in [0.2, 0.25) is 8.32 Å². The van der Waals surface area contributed by atoms with E-state index in [0.717, 1.165) is 11.1 Å². The van der Waals surface area contributed by atoms with E-state index in [1.807, 2.05) is 7.11 Å². The van der Waals surface area contributed by atoms with Gasteiger partial charge in [-0.3, -0.25) is 0 Å². The van der Waals surface area contributed by atoms with Crippen molar-refractivity contribution in [3.8, 4) is 0 Å². The third-order valence-electron chi connectivity index (χ3n) is 5.61. The van der Waals surface area contributed by atoms with E-state index in [9.17, 15) is 0 Å². The van der Waals surface area contributed by atoms with Crippen LogP contribution < -0.4 is 0 Å². The van der Waals surface area contributed by atoms with E-state index < -0.39 is 8.32 Å². The Balaban J connectivity index is 1.92. The highest BCUT2D eigenvalue weighted by Gasteiger charge is 2.54. The molecule has 0 saturated heterocycles. The van der Waals surface area contributed by atoms with Gasteiger partial charge in [0.15, 0.2) is 0 Å². The summed E-state index contributed by atoms with van der Waals surface area (Å²) in [5.74, 6) is 0. The Morgan fingerprint density at radius 3 is 1.67 bits per heavy atom. The van der Waals surface area contributed by atoms with Crippen molar-refractivity contribution < 1.29 is 4.43 Å². The normalized spacial score (nSPS) is 26.7. The van der Waals surface area contributed by atoms with Crippen LogP contribution in [0.25, 0.3) is 0 Å². The molecule has 2 heteroatoms. The van der Waals surface area contributed by atoms with Gasteiger partial charge in [0.1, 0.15) is 0 Å². The molecule has 18 heavy (non-hydrogen) atoms. The van der Waals surface area contributed by atoms with Crippen LogP contribution in [0.1, 0.15) is 51.4 Å². The fraction of sp³-hybridized carbons (Fsp3) is 0.750. The Kier molecular flexibility index (Phi) is 3.76. The van der Waals surface area contributed by atoms with Crippen molar-refractivity contribution in [2.75, 3.05) is 7.11 Å². The van der Waals surface area contributed by atoms with Crippen LogP contribution in [0.3, 0.4) is 0 Å². The first-order valence-corrected chi connectivity index (χ1v) is 9.92. The van der Waals surface area contributed by atoms with Crippen molar-refractivity contribution >= 4 is 8.32 Å². The minimum atomic E-state index is -1.64. The number of rotatable bonds is 4. The van der Waals surface area contributed by atoms with E-state index in [2.05, 4.69) is 24.3 Å². The first kappa shape index (κ1) is 12.7. The zero-order valence-electron chi connectivity index (χ0n) is 11.6. The molecule has 0 unspecified atom stereocenters. The van der Waals surface area contributed by atoms with Gasteiger partial charge in [-0.15, -0.1) is 0 Å². The lowest BCUT2D eigenvalue weighted by molar-refractivity contribution is 0.356. The highest BCUT2D eigenvalue weighted by molar-refractivity contribution is 6.79. The minimum Gasteiger partial charge on any atom is -0.418 e. The summed E-state index contributed by atoms with van der Waals surface area (Å²) in [7, 11) is 0.387. The van der Waals surface area contributed by atoms with Crippen LogP contribution in [0.4, 0.5) is 0 Å². The average Bonchev–Trinajstić information content (AvgIpc) is 3.16. The summed E-state index contributed by atoms with van der Waals surface area (Å²) in [5.41, 5.74) is 2.50. The van der Waals surface area contributed by atoms with Gasteiger partial charge in [0, 0.05) is 12.7 Å². The largest absolute Gasteiger partial charge is 0.418 e. The van der Waals surface area contributed by atoms with E-state index in [-0.39, 0.29) is 0 Å². The first-order valence-electron chi connectivity index (χ1n) is 7.78. The molecule has 3 rings (SSSR count). The van der Waals surface area contributed by atoms with Crippen molar-refractivity contribution in [1.29, 1.82) is 0 Å². The third-order valence-corrected chi connectivity index (χ3v) is 11.4. The summed E-state index contributed by atoms with van der Waals surface area (Å²) in [5, 5.41) is 0. The lowest BCUT2D eigenvalue weighted by Crippen LogP contribution is -2.49. The molecular formula is C16H26OSi. The summed E-state index contributed by atoms with van der Waals surface area (Å²) in [6.45, 7) is 0. The molecule has 0 aromatic carbocycles.